The minimum absolute atomic E-state index is 0.707. The molecular formula is C18H36. The predicted octanol–water partition coefficient (Wildman–Crippen LogP) is 6.63. The molecule has 0 rings (SSSR count). The highest BCUT2D eigenvalue weighted by Crippen LogP contribution is 2.11. The van der Waals surface area contributed by atoms with E-state index in [1.807, 2.05) is 0 Å². The molecule has 0 saturated carbocycles. The van der Waals surface area contributed by atoms with Gasteiger partial charge in [0.1, 0.15) is 0 Å². The van der Waals surface area contributed by atoms with E-state index in [1.54, 1.807) is 0 Å². The van der Waals surface area contributed by atoms with E-state index in [2.05, 4.69) is 74.5 Å². The molecule has 0 aliphatic heterocycles. The second kappa shape index (κ2) is 11.6. The van der Waals surface area contributed by atoms with E-state index < -0.39 is 0 Å². The highest BCUT2D eigenvalue weighted by atomic mass is 14.0. The number of rotatable bonds is 5. The zero-order chi connectivity index (χ0) is 14.7. The molecule has 0 N–H and O–H groups in total. The Kier molecular flexibility index (Phi) is 12.7. The Morgan fingerprint density at radius 2 is 1.17 bits per heavy atom. The van der Waals surface area contributed by atoms with Crippen molar-refractivity contribution in [2.45, 2.75) is 75.2 Å². The van der Waals surface area contributed by atoms with Crippen LogP contribution in [0.4, 0.5) is 0 Å². The van der Waals surface area contributed by atoms with E-state index in [0.717, 1.165) is 11.8 Å². The zero-order valence-electron chi connectivity index (χ0n) is 14.3. The first kappa shape index (κ1) is 19.8. The Hall–Kier alpha value is -0.520. The van der Waals surface area contributed by atoms with Crippen molar-refractivity contribution >= 4 is 0 Å². The van der Waals surface area contributed by atoms with Crippen LogP contribution >= 0.6 is 0 Å². The van der Waals surface area contributed by atoms with Crippen LogP contribution in [-0.2, 0) is 0 Å². The summed E-state index contributed by atoms with van der Waals surface area (Å²) in [5, 5.41) is 0. The zero-order valence-corrected chi connectivity index (χ0v) is 14.3. The van der Waals surface area contributed by atoms with Crippen molar-refractivity contribution < 1.29 is 0 Å². The standard InChI is InChI=1S/C10H20.C8H16/c1-8(2)6-10(5)7-9(3)4;1-5-8(4)6-7(2)3/h6,8-9H,7H2,1-5H3;6-7H,5H2,1-4H3/b10-6-;8-6-. The lowest BCUT2D eigenvalue weighted by Gasteiger charge is -2.05. The molecule has 0 heterocycles. The summed E-state index contributed by atoms with van der Waals surface area (Å²) in [6, 6.07) is 0. The van der Waals surface area contributed by atoms with Gasteiger partial charge < -0.3 is 0 Å². The number of hydrogen-bond donors (Lipinski definition) is 0. The van der Waals surface area contributed by atoms with Crippen LogP contribution in [0.1, 0.15) is 75.2 Å². The smallest absolute Gasteiger partial charge is 0.0288 e. The van der Waals surface area contributed by atoms with Gasteiger partial charge in [-0.1, -0.05) is 71.8 Å². The van der Waals surface area contributed by atoms with Gasteiger partial charge in [-0.3, -0.25) is 0 Å². The molecule has 0 nitrogen and oxygen atoms in total. The van der Waals surface area contributed by atoms with Crippen molar-refractivity contribution in [2.75, 3.05) is 0 Å². The third-order valence-corrected chi connectivity index (χ3v) is 2.52. The van der Waals surface area contributed by atoms with E-state index >= 15 is 0 Å². The van der Waals surface area contributed by atoms with Crippen molar-refractivity contribution in [1.82, 2.24) is 0 Å². The largest absolute Gasteiger partial charge is 0.0831 e. The molecule has 0 aliphatic rings. The summed E-state index contributed by atoms with van der Waals surface area (Å²) in [5.74, 6) is 2.23. The van der Waals surface area contributed by atoms with E-state index in [1.165, 1.54) is 24.0 Å². The third-order valence-electron chi connectivity index (χ3n) is 2.52. The van der Waals surface area contributed by atoms with Gasteiger partial charge in [0.05, 0.1) is 0 Å². The summed E-state index contributed by atoms with van der Waals surface area (Å²) >= 11 is 0. The Balaban J connectivity index is 0. The van der Waals surface area contributed by atoms with E-state index in [9.17, 15) is 0 Å². The minimum atomic E-state index is 0.707. The van der Waals surface area contributed by atoms with Crippen LogP contribution in [0.2, 0.25) is 0 Å². The topological polar surface area (TPSA) is 0 Å². The molecule has 0 aromatic rings. The summed E-state index contributed by atoms with van der Waals surface area (Å²) in [4.78, 5) is 0. The minimum Gasteiger partial charge on any atom is -0.0831 e. The van der Waals surface area contributed by atoms with Crippen LogP contribution in [0.5, 0.6) is 0 Å². The molecule has 0 heteroatoms. The fourth-order valence-electron chi connectivity index (χ4n) is 1.97. The molecule has 0 aromatic heterocycles. The molecule has 0 aromatic carbocycles. The maximum atomic E-state index is 2.35. The summed E-state index contributed by atoms with van der Waals surface area (Å²) in [5.41, 5.74) is 3.03. The molecule has 0 atom stereocenters. The first-order valence-corrected chi connectivity index (χ1v) is 7.53. The van der Waals surface area contributed by atoms with Gasteiger partial charge in [-0.05, 0) is 44.4 Å². The lowest BCUT2D eigenvalue weighted by Crippen LogP contribution is -1.90. The van der Waals surface area contributed by atoms with Crippen LogP contribution < -0.4 is 0 Å². The molecule has 0 spiro atoms. The van der Waals surface area contributed by atoms with Crippen molar-refractivity contribution in [1.29, 1.82) is 0 Å². The fourth-order valence-corrected chi connectivity index (χ4v) is 1.97. The lowest BCUT2D eigenvalue weighted by atomic mass is 10.0. The summed E-state index contributed by atoms with van der Waals surface area (Å²) in [7, 11) is 0. The van der Waals surface area contributed by atoms with Crippen LogP contribution in [0.25, 0.3) is 0 Å². The molecule has 0 aliphatic carbocycles. The van der Waals surface area contributed by atoms with Gasteiger partial charge in [0.25, 0.3) is 0 Å². The Bertz CT molecular complexity index is 239. The summed E-state index contributed by atoms with van der Waals surface area (Å²) in [6.45, 7) is 20.0. The van der Waals surface area contributed by atoms with Gasteiger partial charge in [-0.2, -0.15) is 0 Å². The first-order valence-electron chi connectivity index (χ1n) is 7.53. The average molecular weight is 252 g/mol. The molecule has 108 valence electrons. The van der Waals surface area contributed by atoms with E-state index in [4.69, 9.17) is 0 Å². The highest BCUT2D eigenvalue weighted by Gasteiger charge is 1.95. The molecule has 0 saturated heterocycles. The predicted molar refractivity (Wildman–Crippen MR) is 86.9 cm³/mol. The van der Waals surface area contributed by atoms with E-state index in [0.29, 0.717) is 5.92 Å². The molecule has 0 unspecified atom stereocenters. The molecule has 0 amide bonds. The van der Waals surface area contributed by atoms with Crippen LogP contribution in [0.15, 0.2) is 23.3 Å². The fraction of sp³-hybridized carbons (Fsp3) is 0.778. The summed E-state index contributed by atoms with van der Waals surface area (Å²) in [6.07, 6.45) is 7.09. The van der Waals surface area contributed by atoms with Crippen LogP contribution in [-0.4, -0.2) is 0 Å². The van der Waals surface area contributed by atoms with Crippen molar-refractivity contribution in [2.24, 2.45) is 17.8 Å². The molecule has 0 fully saturated rings. The van der Waals surface area contributed by atoms with Gasteiger partial charge in [-0.15, -0.1) is 0 Å². The van der Waals surface area contributed by atoms with Crippen molar-refractivity contribution in [3.63, 3.8) is 0 Å². The van der Waals surface area contributed by atoms with Gasteiger partial charge >= 0.3 is 0 Å². The second-order valence-corrected chi connectivity index (χ2v) is 6.47. The summed E-state index contributed by atoms with van der Waals surface area (Å²) < 4.78 is 0. The molecule has 18 heavy (non-hydrogen) atoms. The number of allylic oxidation sites excluding steroid dienone is 4. The van der Waals surface area contributed by atoms with Gasteiger partial charge in [0, 0.05) is 0 Å². The quantitative estimate of drug-likeness (QED) is 0.481. The Morgan fingerprint density at radius 3 is 1.39 bits per heavy atom. The number of hydrogen-bond acceptors (Lipinski definition) is 0. The van der Waals surface area contributed by atoms with Crippen LogP contribution in [0, 0.1) is 17.8 Å². The lowest BCUT2D eigenvalue weighted by molar-refractivity contribution is 0.635. The third kappa shape index (κ3) is 17.9. The SMILES string of the molecule is C/C(=C/C(C)C)CC(C)C.CC/C(C)=C\C(C)C. The van der Waals surface area contributed by atoms with Gasteiger partial charge in [0.15, 0.2) is 0 Å². The normalized spacial score (nSPS) is 13.1. The monoisotopic (exact) mass is 252 g/mol. The highest BCUT2D eigenvalue weighted by molar-refractivity contribution is 5.00. The van der Waals surface area contributed by atoms with Crippen LogP contribution in [0.3, 0.4) is 0 Å². The second-order valence-electron chi connectivity index (χ2n) is 6.47. The molecule has 0 bridgehead atoms. The maximum Gasteiger partial charge on any atom is -0.0288 e. The van der Waals surface area contributed by atoms with Crippen molar-refractivity contribution in [3.8, 4) is 0 Å². The first-order chi connectivity index (χ1) is 8.18. The maximum absolute atomic E-state index is 2.35. The molecular weight excluding hydrogens is 216 g/mol. The Labute approximate surface area is 117 Å². The van der Waals surface area contributed by atoms with Gasteiger partial charge in [0.2, 0.25) is 0 Å². The van der Waals surface area contributed by atoms with Gasteiger partial charge in [-0.25, -0.2) is 0 Å². The van der Waals surface area contributed by atoms with E-state index in [-0.39, 0.29) is 0 Å². The molecule has 0 radical (unpaired) electrons. The van der Waals surface area contributed by atoms with Crippen molar-refractivity contribution in [3.05, 3.63) is 23.3 Å². The Morgan fingerprint density at radius 1 is 0.778 bits per heavy atom. The average Bonchev–Trinajstić information content (AvgIpc) is 2.14.